The lowest BCUT2D eigenvalue weighted by Crippen LogP contribution is -2.31. The van der Waals surface area contributed by atoms with E-state index in [9.17, 15) is 9.59 Å². The summed E-state index contributed by atoms with van der Waals surface area (Å²) in [5, 5.41) is 2.79. The number of benzene rings is 2. The van der Waals surface area contributed by atoms with Crippen molar-refractivity contribution in [3.05, 3.63) is 70.8 Å². The maximum absolute atomic E-state index is 12.4. The second-order valence-electron chi connectivity index (χ2n) is 6.44. The number of nitrogens with zero attached hydrogens (tertiary/aromatic N) is 2. The summed E-state index contributed by atoms with van der Waals surface area (Å²) in [4.78, 5) is 28.9. The van der Waals surface area contributed by atoms with Crippen LogP contribution in [0.4, 0.5) is 0 Å². The highest BCUT2D eigenvalue weighted by Crippen LogP contribution is 2.35. The van der Waals surface area contributed by atoms with Gasteiger partial charge in [0.25, 0.3) is 5.56 Å². The highest BCUT2D eigenvalue weighted by molar-refractivity contribution is 5.75. The fourth-order valence-corrected chi connectivity index (χ4v) is 2.95. The zero-order valence-corrected chi connectivity index (χ0v) is 15.8. The molecule has 2 heterocycles. The Kier molecular flexibility index (Phi) is 5.15. The molecule has 1 amide bonds. The number of amides is 1. The van der Waals surface area contributed by atoms with Gasteiger partial charge in [0.05, 0.1) is 19.1 Å². The minimum atomic E-state index is -0.316. The Labute approximate surface area is 166 Å². The third kappa shape index (κ3) is 4.21. The average Bonchev–Trinajstić information content (AvgIpc) is 3.22. The van der Waals surface area contributed by atoms with Gasteiger partial charge in [0.15, 0.2) is 11.5 Å². The van der Waals surface area contributed by atoms with Gasteiger partial charge < -0.3 is 19.5 Å². The van der Waals surface area contributed by atoms with Crippen LogP contribution in [0.1, 0.15) is 5.56 Å². The van der Waals surface area contributed by atoms with Crippen molar-refractivity contribution >= 4 is 5.91 Å². The molecule has 3 aromatic rings. The van der Waals surface area contributed by atoms with Gasteiger partial charge in [-0.2, -0.15) is 0 Å². The third-order valence-electron chi connectivity index (χ3n) is 4.49. The van der Waals surface area contributed by atoms with Crippen LogP contribution in [0.2, 0.25) is 0 Å². The summed E-state index contributed by atoms with van der Waals surface area (Å²) >= 11 is 0. The molecule has 0 fully saturated rings. The molecule has 1 aromatic heterocycles. The highest BCUT2D eigenvalue weighted by Gasteiger charge is 2.15. The molecule has 1 N–H and O–H groups in total. The van der Waals surface area contributed by atoms with E-state index in [0.29, 0.717) is 23.7 Å². The van der Waals surface area contributed by atoms with Crippen LogP contribution in [-0.4, -0.2) is 29.4 Å². The number of nitrogens with one attached hydrogen (secondary N) is 1. The van der Waals surface area contributed by atoms with Crippen molar-refractivity contribution in [1.29, 1.82) is 0 Å². The van der Waals surface area contributed by atoms with Crippen LogP contribution in [0.15, 0.2) is 59.7 Å². The number of rotatable bonds is 6. The van der Waals surface area contributed by atoms with Gasteiger partial charge in [-0.1, -0.05) is 12.1 Å². The summed E-state index contributed by atoms with van der Waals surface area (Å²) in [5.41, 5.74) is 1.83. The van der Waals surface area contributed by atoms with Crippen LogP contribution < -0.4 is 25.1 Å². The lowest BCUT2D eigenvalue weighted by molar-refractivity contribution is -0.121. The molecule has 29 heavy (non-hydrogen) atoms. The van der Waals surface area contributed by atoms with Crippen LogP contribution in [0.25, 0.3) is 11.3 Å². The molecule has 8 nitrogen and oxygen atoms in total. The number of carbonyl (C=O) groups excluding carboxylic acids is 1. The Balaban J connectivity index is 1.41. The Morgan fingerprint density at radius 1 is 1.17 bits per heavy atom. The topological polar surface area (TPSA) is 91.7 Å². The van der Waals surface area contributed by atoms with Crippen LogP contribution in [0.5, 0.6) is 17.2 Å². The predicted molar refractivity (Wildman–Crippen MR) is 105 cm³/mol. The first kappa shape index (κ1) is 18.5. The molecule has 0 saturated carbocycles. The van der Waals surface area contributed by atoms with E-state index in [-0.39, 0.29) is 24.8 Å². The fraction of sp³-hybridized carbons (Fsp3) is 0.190. The average molecular weight is 393 g/mol. The normalized spacial score (nSPS) is 11.9. The highest BCUT2D eigenvalue weighted by atomic mass is 16.7. The van der Waals surface area contributed by atoms with Gasteiger partial charge >= 0.3 is 0 Å². The maximum atomic E-state index is 12.4. The molecule has 0 unspecified atom stereocenters. The molecular formula is C21H19N3O5. The van der Waals surface area contributed by atoms with E-state index in [4.69, 9.17) is 14.2 Å². The number of methoxy groups -OCH3 is 1. The van der Waals surface area contributed by atoms with Gasteiger partial charge in [-0.15, -0.1) is 0 Å². The molecule has 0 spiro atoms. The Hall–Kier alpha value is -3.81. The zero-order chi connectivity index (χ0) is 20.2. The van der Waals surface area contributed by atoms with Gasteiger partial charge in [-0.05, 0) is 35.9 Å². The quantitative estimate of drug-likeness (QED) is 0.688. The molecule has 1 aliphatic heterocycles. The minimum Gasteiger partial charge on any atom is -0.497 e. The van der Waals surface area contributed by atoms with Crippen molar-refractivity contribution in [3.8, 4) is 28.5 Å². The van der Waals surface area contributed by atoms with E-state index in [1.165, 1.54) is 17.0 Å². The Bertz CT molecular complexity index is 1110. The molecule has 0 bridgehead atoms. The second-order valence-corrected chi connectivity index (χ2v) is 6.44. The number of hydrogen-bond acceptors (Lipinski definition) is 6. The lowest BCUT2D eigenvalue weighted by Gasteiger charge is -2.09. The third-order valence-corrected chi connectivity index (χ3v) is 4.49. The number of ether oxygens (including phenoxy) is 3. The van der Waals surface area contributed by atoms with Crippen molar-refractivity contribution in [2.24, 2.45) is 0 Å². The van der Waals surface area contributed by atoms with Gasteiger partial charge in [-0.3, -0.25) is 14.2 Å². The summed E-state index contributed by atoms with van der Waals surface area (Å²) in [7, 11) is 1.59. The van der Waals surface area contributed by atoms with Crippen molar-refractivity contribution in [2.45, 2.75) is 13.1 Å². The summed E-state index contributed by atoms with van der Waals surface area (Å²) in [6, 6.07) is 14.2. The summed E-state index contributed by atoms with van der Waals surface area (Å²) in [5.74, 6) is 1.71. The number of fused-ring (bicyclic) bond motifs is 1. The van der Waals surface area contributed by atoms with Gasteiger partial charge in [-0.25, -0.2) is 4.98 Å². The smallest absolute Gasteiger partial charge is 0.254 e. The molecule has 0 saturated heterocycles. The van der Waals surface area contributed by atoms with E-state index in [0.717, 1.165) is 16.9 Å². The van der Waals surface area contributed by atoms with Crippen LogP contribution in [-0.2, 0) is 17.9 Å². The van der Waals surface area contributed by atoms with Gasteiger partial charge in [0.1, 0.15) is 12.3 Å². The maximum Gasteiger partial charge on any atom is 0.254 e. The molecule has 0 radical (unpaired) electrons. The molecule has 148 valence electrons. The standard InChI is InChI=1S/C21H19N3O5/c1-27-16-4-2-3-14(7-16)10-22-20(25)11-24-12-23-17(9-21(24)26)15-5-6-18-19(8-15)29-13-28-18/h2-9,12H,10-11,13H2,1H3,(H,22,25). The minimum absolute atomic E-state index is 0.114. The molecule has 1 aliphatic rings. The van der Waals surface area contributed by atoms with Gasteiger partial charge in [0, 0.05) is 18.2 Å². The van der Waals surface area contributed by atoms with E-state index in [1.54, 1.807) is 25.3 Å². The summed E-state index contributed by atoms with van der Waals surface area (Å²) < 4.78 is 17.1. The first-order valence-electron chi connectivity index (χ1n) is 8.98. The van der Waals surface area contributed by atoms with E-state index in [2.05, 4.69) is 10.3 Å². The van der Waals surface area contributed by atoms with Gasteiger partial charge in [0.2, 0.25) is 12.7 Å². The van der Waals surface area contributed by atoms with E-state index in [1.807, 2.05) is 24.3 Å². The number of carbonyl (C=O) groups is 1. The first-order valence-corrected chi connectivity index (χ1v) is 8.98. The molecule has 4 rings (SSSR count). The summed E-state index contributed by atoms with van der Waals surface area (Å²) in [6.45, 7) is 0.406. The zero-order valence-electron chi connectivity index (χ0n) is 15.8. The second kappa shape index (κ2) is 8.05. The lowest BCUT2D eigenvalue weighted by atomic mass is 10.1. The largest absolute Gasteiger partial charge is 0.497 e. The number of aromatic nitrogens is 2. The predicted octanol–water partition coefficient (Wildman–Crippen LogP) is 1.96. The van der Waals surface area contributed by atoms with Crippen LogP contribution in [0.3, 0.4) is 0 Å². The van der Waals surface area contributed by atoms with Crippen molar-refractivity contribution in [3.63, 3.8) is 0 Å². The fourth-order valence-electron chi connectivity index (χ4n) is 2.95. The van der Waals surface area contributed by atoms with Crippen molar-refractivity contribution < 1.29 is 19.0 Å². The Morgan fingerprint density at radius 2 is 2.03 bits per heavy atom. The van der Waals surface area contributed by atoms with Crippen molar-refractivity contribution in [1.82, 2.24) is 14.9 Å². The van der Waals surface area contributed by atoms with Crippen molar-refractivity contribution in [2.75, 3.05) is 13.9 Å². The van der Waals surface area contributed by atoms with E-state index < -0.39 is 0 Å². The SMILES string of the molecule is COc1cccc(CNC(=O)Cn2cnc(-c3ccc4c(c3)OCO4)cc2=O)c1. The molecule has 0 atom stereocenters. The van der Waals surface area contributed by atoms with Crippen LogP contribution >= 0.6 is 0 Å². The molecule has 8 heteroatoms. The summed E-state index contributed by atoms with van der Waals surface area (Å²) in [6.07, 6.45) is 1.37. The molecule has 2 aromatic carbocycles. The first-order chi connectivity index (χ1) is 14.1. The Morgan fingerprint density at radius 3 is 2.86 bits per heavy atom. The molecule has 0 aliphatic carbocycles. The van der Waals surface area contributed by atoms with E-state index >= 15 is 0 Å². The molecular weight excluding hydrogens is 374 g/mol. The van der Waals surface area contributed by atoms with Crippen LogP contribution in [0, 0.1) is 0 Å². The monoisotopic (exact) mass is 393 g/mol. The number of hydrogen-bond donors (Lipinski definition) is 1.